The van der Waals surface area contributed by atoms with Crippen molar-refractivity contribution in [1.82, 2.24) is 0 Å². The van der Waals surface area contributed by atoms with Crippen LogP contribution in [0.15, 0.2) is 36.4 Å². The minimum absolute atomic E-state index is 0.0231. The smallest absolute Gasteiger partial charge is 0.315 e. The lowest BCUT2D eigenvalue weighted by atomic mass is 10.0. The number of rotatable bonds is 18. The summed E-state index contributed by atoms with van der Waals surface area (Å²) in [5, 5.41) is -1.07. The minimum atomic E-state index is -1.10. The highest BCUT2D eigenvalue weighted by atomic mass is 32.2. The Kier molecular flexibility index (Phi) is 16.5. The summed E-state index contributed by atoms with van der Waals surface area (Å²) in [5.74, 6) is -7.33. The van der Waals surface area contributed by atoms with Gasteiger partial charge < -0.3 is 23.9 Å². The van der Waals surface area contributed by atoms with E-state index < -0.39 is 46.4 Å². The molecule has 0 heterocycles. The molecule has 0 saturated heterocycles. The predicted molar refractivity (Wildman–Crippen MR) is 179 cm³/mol. The van der Waals surface area contributed by atoms with Crippen molar-refractivity contribution in [1.29, 1.82) is 0 Å². The van der Waals surface area contributed by atoms with Crippen molar-refractivity contribution in [3.05, 3.63) is 53.6 Å². The number of carbonyl (C=O) groups is 7. The Bertz CT molecular complexity index is 1510. The van der Waals surface area contributed by atoms with Gasteiger partial charge in [0.1, 0.15) is 34.7 Å². The second kappa shape index (κ2) is 19.5. The minimum Gasteiger partial charge on any atom is -0.466 e. The first-order chi connectivity index (χ1) is 22.2. The molecule has 0 aliphatic carbocycles. The number of ether oxygens (including phenoxy) is 2. The lowest BCUT2D eigenvalue weighted by molar-refractivity contribution is -0.148. The molecule has 2 aromatic rings. The topological polar surface area (TPSA) is 138 Å². The van der Waals surface area contributed by atoms with Crippen molar-refractivity contribution in [2.45, 2.75) is 47.0 Å². The first-order valence-corrected chi connectivity index (χ1v) is 17.2. The first-order valence-electron chi connectivity index (χ1n) is 14.6. The summed E-state index contributed by atoms with van der Waals surface area (Å²) >= 11 is 5.55. The van der Waals surface area contributed by atoms with Gasteiger partial charge in [0.25, 0.3) is 0 Å². The third-order valence-corrected chi connectivity index (χ3v) is 9.28. The van der Waals surface area contributed by atoms with E-state index in [0.29, 0.717) is 17.8 Å². The Morgan fingerprint density at radius 3 is 1.89 bits per heavy atom. The molecule has 3 atom stereocenters. The van der Waals surface area contributed by atoms with Crippen molar-refractivity contribution in [3.8, 4) is 16.9 Å². The third-order valence-electron chi connectivity index (χ3n) is 6.60. The van der Waals surface area contributed by atoms with Gasteiger partial charge in [0.15, 0.2) is 5.12 Å². The molecular formula is C33H36F2O9S3. The number of hydrogen-bond donors (Lipinski definition) is 1. The van der Waals surface area contributed by atoms with Crippen molar-refractivity contribution < 1.29 is 51.8 Å². The maximum absolute atomic E-state index is 14.7. The summed E-state index contributed by atoms with van der Waals surface area (Å²) in [6, 6.07) is 6.73. The number of esters is 2. The van der Waals surface area contributed by atoms with Gasteiger partial charge in [-0.25, -0.2) is 8.78 Å². The van der Waals surface area contributed by atoms with Crippen LogP contribution in [0.1, 0.15) is 57.3 Å². The van der Waals surface area contributed by atoms with Gasteiger partial charge in [-0.2, -0.15) is 12.6 Å². The van der Waals surface area contributed by atoms with E-state index in [2.05, 4.69) is 12.6 Å². The molecule has 0 aromatic heterocycles. The molecule has 0 aliphatic rings. The highest BCUT2D eigenvalue weighted by Crippen LogP contribution is 2.33. The number of halogens is 2. The summed E-state index contributed by atoms with van der Waals surface area (Å²) in [4.78, 5) is 87.3. The fourth-order valence-electron chi connectivity index (χ4n) is 4.36. The molecule has 0 spiro atoms. The van der Waals surface area contributed by atoms with Gasteiger partial charge in [-0.3, -0.25) is 19.2 Å². The number of ketones is 3. The van der Waals surface area contributed by atoms with Crippen molar-refractivity contribution >= 4 is 75.7 Å². The Balaban J connectivity index is 2.43. The van der Waals surface area contributed by atoms with Crippen LogP contribution in [-0.2, 0) is 33.5 Å². The first kappa shape index (κ1) is 39.8. The Labute approximate surface area is 285 Å². The fraction of sp³-hybridized carbons (Fsp3) is 0.424. The van der Waals surface area contributed by atoms with Crippen LogP contribution in [-0.4, -0.2) is 63.4 Å². The number of carbonyl (C=O) groups excluding carboxylic acids is 7. The highest BCUT2D eigenvalue weighted by molar-refractivity contribution is 8.14. The monoisotopic (exact) mass is 710 g/mol. The molecule has 0 saturated carbocycles. The number of thiol groups is 1. The molecule has 0 aliphatic heterocycles. The van der Waals surface area contributed by atoms with Crippen LogP contribution in [0.3, 0.4) is 0 Å². The number of thioether (sulfide) groups is 2. The zero-order valence-corrected chi connectivity index (χ0v) is 28.9. The van der Waals surface area contributed by atoms with E-state index in [-0.39, 0.29) is 88.0 Å². The summed E-state index contributed by atoms with van der Waals surface area (Å²) in [6.45, 7) is 5.56. The Morgan fingerprint density at radius 1 is 0.766 bits per heavy atom. The Hall–Kier alpha value is -3.36. The normalized spacial score (nSPS) is 12.8. The zero-order valence-electron chi connectivity index (χ0n) is 26.3. The predicted octanol–water partition coefficient (Wildman–Crippen LogP) is 5.95. The lowest BCUT2D eigenvalue weighted by Gasteiger charge is -2.18. The van der Waals surface area contributed by atoms with Crippen molar-refractivity contribution in [2.24, 2.45) is 17.8 Å². The second-order valence-electron chi connectivity index (χ2n) is 10.7. The molecule has 0 bridgehead atoms. The van der Waals surface area contributed by atoms with E-state index in [4.69, 9.17) is 9.47 Å². The van der Waals surface area contributed by atoms with Gasteiger partial charge >= 0.3 is 11.9 Å². The van der Waals surface area contributed by atoms with Crippen LogP contribution in [0.4, 0.5) is 8.78 Å². The van der Waals surface area contributed by atoms with Gasteiger partial charge in [0, 0.05) is 54.1 Å². The van der Waals surface area contributed by atoms with Gasteiger partial charge in [0.05, 0.1) is 24.0 Å². The number of benzene rings is 2. The molecule has 2 aromatic carbocycles. The molecule has 14 heteroatoms. The van der Waals surface area contributed by atoms with Gasteiger partial charge in [0.2, 0.25) is 5.12 Å². The molecule has 0 N–H and O–H groups in total. The van der Waals surface area contributed by atoms with Gasteiger partial charge in [-0.05, 0) is 57.5 Å². The van der Waals surface area contributed by atoms with Crippen molar-refractivity contribution in [2.75, 3.05) is 23.9 Å². The molecule has 0 fully saturated rings. The van der Waals surface area contributed by atoms with E-state index in [1.54, 1.807) is 6.92 Å². The molecule has 254 valence electrons. The van der Waals surface area contributed by atoms with E-state index in [1.165, 1.54) is 45.0 Å². The van der Waals surface area contributed by atoms with Crippen LogP contribution >= 0.6 is 36.2 Å². The third kappa shape index (κ3) is 13.0. The number of hydrogen-bond acceptors (Lipinski definition) is 12. The second-order valence-corrected chi connectivity index (χ2v) is 13.1. The van der Waals surface area contributed by atoms with Crippen LogP contribution in [0.2, 0.25) is 0 Å². The van der Waals surface area contributed by atoms with Crippen LogP contribution < -0.4 is 4.74 Å². The largest absolute Gasteiger partial charge is 0.466 e. The lowest BCUT2D eigenvalue weighted by Crippen LogP contribution is -2.27. The summed E-state index contributed by atoms with van der Waals surface area (Å²) < 4.78 is 38.9. The van der Waals surface area contributed by atoms with Crippen LogP contribution in [0.25, 0.3) is 11.1 Å². The maximum atomic E-state index is 14.7. The zero-order chi connectivity index (χ0) is 35.3. The summed E-state index contributed by atoms with van der Waals surface area (Å²) in [6.07, 6.45) is -0.476. The Morgan fingerprint density at radius 2 is 1.34 bits per heavy atom. The fourth-order valence-corrected chi connectivity index (χ4v) is 6.72. The molecular weight excluding hydrogens is 675 g/mol. The number of Topliss-reactive ketones (excluding diaryl/α,β-unsaturated/α-hetero) is 3. The highest BCUT2D eigenvalue weighted by Gasteiger charge is 2.29. The van der Waals surface area contributed by atoms with Crippen LogP contribution in [0, 0.1) is 29.4 Å². The van der Waals surface area contributed by atoms with E-state index in [0.717, 1.165) is 17.8 Å². The molecule has 2 rings (SSSR count). The SMILES string of the molecule is CCOC(=O)C(CSC(=O)c1cc(-c2ccc(F)cc2F)ccc1OC(=O)C(CSC(=O)C(CS)CC(C)=O)CC(C)=O)CC(C)=O. The average Bonchev–Trinajstić information content (AvgIpc) is 2.99. The van der Waals surface area contributed by atoms with Crippen LogP contribution in [0.5, 0.6) is 5.75 Å². The van der Waals surface area contributed by atoms with Gasteiger partial charge in [-0.15, -0.1) is 0 Å². The standard InChI is InChI=1S/C33H36F2O9S3/c1-5-43-30(39)23(11-19(3)37)16-47-33(42)27-13-21(26-8-7-25(34)14-28(26)35)6-9-29(27)44-31(40)24(12-20(4)38)17-46-32(41)22(15-45)10-18(2)36/h6-9,13-14,22-24,45H,5,10-12,15-17H2,1-4H3. The van der Waals surface area contributed by atoms with Crippen molar-refractivity contribution in [3.63, 3.8) is 0 Å². The quantitative estimate of drug-likeness (QED) is 0.112. The average molecular weight is 711 g/mol. The summed E-state index contributed by atoms with van der Waals surface area (Å²) in [5.41, 5.74) is -0.0866. The summed E-state index contributed by atoms with van der Waals surface area (Å²) in [7, 11) is 0. The molecule has 0 amide bonds. The maximum Gasteiger partial charge on any atom is 0.315 e. The van der Waals surface area contributed by atoms with Gasteiger partial charge in [-0.1, -0.05) is 29.6 Å². The molecule has 9 nitrogen and oxygen atoms in total. The molecule has 3 unspecified atom stereocenters. The van der Waals surface area contributed by atoms with E-state index in [9.17, 15) is 42.3 Å². The van der Waals surface area contributed by atoms with E-state index in [1.807, 2.05) is 0 Å². The molecule has 47 heavy (non-hydrogen) atoms. The van der Waals surface area contributed by atoms with E-state index >= 15 is 0 Å². The molecule has 0 radical (unpaired) electrons.